The number of fused-ring (bicyclic) bond motifs is 1. The molecule has 0 spiro atoms. The summed E-state index contributed by atoms with van der Waals surface area (Å²) in [6.45, 7) is 7.69. The smallest absolute Gasteiger partial charge is 0.231 e. The second kappa shape index (κ2) is 9.48. The summed E-state index contributed by atoms with van der Waals surface area (Å²) in [4.78, 5) is 4.92. The monoisotopic (exact) mass is 398 g/mol. The molecule has 0 amide bonds. The number of hydrogen-bond acceptors (Lipinski definition) is 6. The number of benzene rings is 2. The number of para-hydroxylation sites is 2. The first-order chi connectivity index (χ1) is 14.3. The third kappa shape index (κ3) is 4.66. The van der Waals surface area contributed by atoms with Crippen molar-refractivity contribution in [3.8, 4) is 17.2 Å². The van der Waals surface area contributed by atoms with E-state index in [1.165, 1.54) is 5.56 Å². The van der Waals surface area contributed by atoms with Crippen LogP contribution in [0.2, 0.25) is 0 Å². The summed E-state index contributed by atoms with van der Waals surface area (Å²) in [5, 5.41) is 9.64. The molecule has 0 radical (unpaired) electrons. The van der Waals surface area contributed by atoms with Crippen LogP contribution >= 0.6 is 0 Å². The first-order valence-electron chi connectivity index (χ1n) is 10.4. The summed E-state index contributed by atoms with van der Waals surface area (Å²) in [5.41, 5.74) is 2.37. The predicted octanol–water partition coefficient (Wildman–Crippen LogP) is 2.88. The van der Waals surface area contributed by atoms with Gasteiger partial charge in [-0.15, -0.1) is 0 Å². The molecule has 0 unspecified atom stereocenters. The van der Waals surface area contributed by atoms with Gasteiger partial charge in [-0.25, -0.2) is 0 Å². The lowest BCUT2D eigenvalue weighted by atomic mass is 10.1. The van der Waals surface area contributed by atoms with Gasteiger partial charge in [0.1, 0.15) is 5.75 Å². The number of nitrogens with zero attached hydrogens (tertiary/aromatic N) is 2. The molecule has 2 heterocycles. The minimum Gasteiger partial charge on any atom is -0.494 e. The molecule has 1 atom stereocenters. The Balaban J connectivity index is 1.43. The van der Waals surface area contributed by atoms with Crippen molar-refractivity contribution in [3.05, 3.63) is 53.6 Å². The van der Waals surface area contributed by atoms with Crippen molar-refractivity contribution in [2.45, 2.75) is 32.5 Å². The Bertz CT molecular complexity index is 813. The van der Waals surface area contributed by atoms with Gasteiger partial charge in [-0.1, -0.05) is 30.3 Å². The Morgan fingerprint density at radius 3 is 2.76 bits per heavy atom. The van der Waals surface area contributed by atoms with Crippen LogP contribution in [-0.2, 0) is 13.1 Å². The van der Waals surface area contributed by atoms with E-state index in [2.05, 4.69) is 28.0 Å². The number of aliphatic hydroxyl groups is 1. The average molecular weight is 399 g/mol. The fourth-order valence-electron chi connectivity index (χ4n) is 4.24. The molecule has 2 aliphatic heterocycles. The zero-order valence-electron chi connectivity index (χ0n) is 17.0. The minimum absolute atomic E-state index is 0.194. The SMILES string of the molecule is CCOc1ccccc1CN1CCN(Cc2cccc3c2OCO3)C[C@H]1CCO. The Kier molecular flexibility index (Phi) is 6.54. The lowest BCUT2D eigenvalue weighted by molar-refractivity contribution is 0.0489. The highest BCUT2D eigenvalue weighted by Gasteiger charge is 2.28. The molecule has 0 aromatic heterocycles. The van der Waals surface area contributed by atoms with Gasteiger partial charge in [0.25, 0.3) is 0 Å². The quantitative estimate of drug-likeness (QED) is 0.738. The second-order valence-corrected chi connectivity index (χ2v) is 7.56. The van der Waals surface area contributed by atoms with Crippen molar-refractivity contribution in [3.63, 3.8) is 0 Å². The maximum absolute atomic E-state index is 9.64. The van der Waals surface area contributed by atoms with Gasteiger partial charge < -0.3 is 19.3 Å². The molecule has 0 bridgehead atoms. The van der Waals surface area contributed by atoms with E-state index in [9.17, 15) is 5.11 Å². The highest BCUT2D eigenvalue weighted by molar-refractivity contribution is 5.48. The molecule has 6 heteroatoms. The van der Waals surface area contributed by atoms with Gasteiger partial charge in [-0.05, 0) is 25.5 Å². The summed E-state index contributed by atoms with van der Waals surface area (Å²) in [6, 6.07) is 14.6. The predicted molar refractivity (Wildman–Crippen MR) is 111 cm³/mol. The first kappa shape index (κ1) is 20.0. The Morgan fingerprint density at radius 2 is 1.90 bits per heavy atom. The van der Waals surface area contributed by atoms with Crippen molar-refractivity contribution < 1.29 is 19.3 Å². The number of piperazine rings is 1. The fourth-order valence-corrected chi connectivity index (χ4v) is 4.24. The van der Waals surface area contributed by atoms with Crippen LogP contribution in [0, 0.1) is 0 Å². The third-order valence-electron chi connectivity index (χ3n) is 5.67. The normalized spacial score (nSPS) is 19.4. The number of rotatable bonds is 8. The van der Waals surface area contributed by atoms with Crippen LogP contribution in [0.15, 0.2) is 42.5 Å². The van der Waals surface area contributed by atoms with Crippen LogP contribution < -0.4 is 14.2 Å². The van der Waals surface area contributed by atoms with Crippen LogP contribution in [-0.4, -0.2) is 60.6 Å². The van der Waals surface area contributed by atoms with Crippen molar-refractivity contribution in [1.82, 2.24) is 9.80 Å². The van der Waals surface area contributed by atoms with Crippen LogP contribution in [0.5, 0.6) is 17.2 Å². The molecule has 0 aliphatic carbocycles. The van der Waals surface area contributed by atoms with Crippen LogP contribution in [0.1, 0.15) is 24.5 Å². The number of hydrogen-bond donors (Lipinski definition) is 1. The number of ether oxygens (including phenoxy) is 3. The van der Waals surface area contributed by atoms with E-state index in [1.807, 2.05) is 31.2 Å². The molecule has 1 N–H and O–H groups in total. The highest BCUT2D eigenvalue weighted by atomic mass is 16.7. The van der Waals surface area contributed by atoms with Gasteiger partial charge in [0.15, 0.2) is 11.5 Å². The Labute approximate surface area is 172 Å². The van der Waals surface area contributed by atoms with Crippen molar-refractivity contribution >= 4 is 0 Å². The lowest BCUT2D eigenvalue weighted by Gasteiger charge is -2.41. The van der Waals surface area contributed by atoms with Crippen molar-refractivity contribution in [2.24, 2.45) is 0 Å². The van der Waals surface area contributed by atoms with Gasteiger partial charge >= 0.3 is 0 Å². The van der Waals surface area contributed by atoms with Gasteiger partial charge in [-0.2, -0.15) is 0 Å². The van der Waals surface area contributed by atoms with Crippen LogP contribution in [0.4, 0.5) is 0 Å². The number of aliphatic hydroxyl groups excluding tert-OH is 1. The van der Waals surface area contributed by atoms with E-state index in [0.29, 0.717) is 19.4 Å². The molecule has 29 heavy (non-hydrogen) atoms. The van der Waals surface area contributed by atoms with Crippen LogP contribution in [0.25, 0.3) is 0 Å². The third-order valence-corrected chi connectivity index (χ3v) is 5.67. The van der Waals surface area contributed by atoms with Crippen molar-refractivity contribution in [1.29, 1.82) is 0 Å². The molecule has 2 aliphatic rings. The topological polar surface area (TPSA) is 54.4 Å². The Morgan fingerprint density at radius 1 is 1.03 bits per heavy atom. The zero-order valence-corrected chi connectivity index (χ0v) is 17.0. The molecule has 6 nitrogen and oxygen atoms in total. The summed E-state index contributed by atoms with van der Waals surface area (Å²) >= 11 is 0. The fraction of sp³-hybridized carbons (Fsp3) is 0.478. The van der Waals surface area contributed by atoms with E-state index in [-0.39, 0.29) is 6.61 Å². The maximum Gasteiger partial charge on any atom is 0.231 e. The summed E-state index contributed by atoms with van der Waals surface area (Å²) in [7, 11) is 0. The molecule has 2 aromatic carbocycles. The zero-order chi connectivity index (χ0) is 20.1. The standard InChI is InChI=1S/C23H30N2O4/c1-2-27-21-8-4-3-6-18(21)15-25-12-11-24(16-20(25)10-13-26)14-19-7-5-9-22-23(19)29-17-28-22/h3-9,20,26H,2,10-17H2,1H3/t20-/m1/s1. The summed E-state index contributed by atoms with van der Waals surface area (Å²) < 4.78 is 17.0. The lowest BCUT2D eigenvalue weighted by Crippen LogP contribution is -2.52. The van der Waals surface area contributed by atoms with E-state index >= 15 is 0 Å². The Hall–Kier alpha value is -2.28. The first-order valence-corrected chi connectivity index (χ1v) is 10.4. The van der Waals surface area contributed by atoms with E-state index in [4.69, 9.17) is 14.2 Å². The molecule has 2 aromatic rings. The molecule has 4 rings (SSSR count). The summed E-state index contributed by atoms with van der Waals surface area (Å²) in [6.07, 6.45) is 0.764. The molecule has 1 saturated heterocycles. The van der Waals surface area contributed by atoms with Gasteiger partial charge in [0, 0.05) is 56.5 Å². The average Bonchev–Trinajstić information content (AvgIpc) is 3.22. The summed E-state index contributed by atoms with van der Waals surface area (Å²) in [5.74, 6) is 2.66. The molecule has 1 fully saturated rings. The maximum atomic E-state index is 9.64. The van der Waals surface area contributed by atoms with Crippen molar-refractivity contribution in [2.75, 3.05) is 39.6 Å². The van der Waals surface area contributed by atoms with Gasteiger partial charge in [0.05, 0.1) is 6.61 Å². The van der Waals surface area contributed by atoms with Gasteiger partial charge in [-0.3, -0.25) is 9.80 Å². The van der Waals surface area contributed by atoms with Gasteiger partial charge in [0.2, 0.25) is 6.79 Å². The van der Waals surface area contributed by atoms with E-state index in [1.54, 1.807) is 0 Å². The minimum atomic E-state index is 0.194. The molecule has 0 saturated carbocycles. The van der Waals surface area contributed by atoms with Crippen LogP contribution in [0.3, 0.4) is 0 Å². The van der Waals surface area contributed by atoms with E-state index < -0.39 is 0 Å². The molecular weight excluding hydrogens is 368 g/mol. The molecular formula is C23H30N2O4. The molecule has 156 valence electrons. The second-order valence-electron chi connectivity index (χ2n) is 7.56. The highest BCUT2D eigenvalue weighted by Crippen LogP contribution is 2.36. The van der Waals surface area contributed by atoms with E-state index in [0.717, 1.165) is 62.0 Å². The largest absolute Gasteiger partial charge is 0.494 e.